The monoisotopic (exact) mass is 282 g/mol. The second-order valence-corrected chi connectivity index (χ2v) is 6.63. The second kappa shape index (κ2) is 7.53. The first kappa shape index (κ1) is 15.9. The van der Waals surface area contributed by atoms with Gasteiger partial charge in [0.15, 0.2) is 0 Å². The molecule has 0 aromatic carbocycles. The van der Waals surface area contributed by atoms with Crippen molar-refractivity contribution in [1.82, 2.24) is 9.80 Å². The minimum Gasteiger partial charge on any atom is -0.374 e. The van der Waals surface area contributed by atoms with Crippen molar-refractivity contribution < 1.29 is 9.53 Å². The summed E-state index contributed by atoms with van der Waals surface area (Å²) in [5.41, 5.74) is 0. The van der Waals surface area contributed by atoms with Crippen molar-refractivity contribution in [1.29, 1.82) is 0 Å². The molecule has 0 saturated carbocycles. The van der Waals surface area contributed by atoms with Crippen LogP contribution in [0.2, 0.25) is 0 Å². The lowest BCUT2D eigenvalue weighted by molar-refractivity contribution is -0.119. The van der Waals surface area contributed by atoms with Gasteiger partial charge in [0, 0.05) is 38.1 Å². The molecule has 2 heterocycles. The summed E-state index contributed by atoms with van der Waals surface area (Å²) < 4.78 is 5.95. The van der Waals surface area contributed by atoms with E-state index in [1.807, 2.05) is 0 Å². The molecule has 0 spiro atoms. The van der Waals surface area contributed by atoms with Crippen molar-refractivity contribution in [2.75, 3.05) is 32.8 Å². The molecule has 116 valence electrons. The molecule has 2 saturated heterocycles. The minimum atomic E-state index is 0.304. The third kappa shape index (κ3) is 4.54. The van der Waals surface area contributed by atoms with Crippen molar-refractivity contribution >= 4 is 5.78 Å². The molecule has 2 atom stereocenters. The van der Waals surface area contributed by atoms with Crippen LogP contribution in [0.25, 0.3) is 0 Å². The molecule has 0 bridgehead atoms. The summed E-state index contributed by atoms with van der Waals surface area (Å²) in [5, 5.41) is 0. The molecule has 0 radical (unpaired) electrons. The van der Waals surface area contributed by atoms with Crippen molar-refractivity contribution in [3.8, 4) is 0 Å². The van der Waals surface area contributed by atoms with Gasteiger partial charge in [-0.1, -0.05) is 6.42 Å². The molecule has 0 amide bonds. The Morgan fingerprint density at radius 2 is 2.10 bits per heavy atom. The molecule has 0 aliphatic carbocycles. The molecule has 2 aliphatic heterocycles. The first-order valence-corrected chi connectivity index (χ1v) is 8.15. The third-order valence-corrected chi connectivity index (χ3v) is 4.61. The minimum absolute atomic E-state index is 0.304. The molecule has 4 heteroatoms. The Balaban J connectivity index is 1.87. The second-order valence-electron chi connectivity index (χ2n) is 6.63. The number of ketones is 1. The normalized spacial score (nSPS) is 29.8. The average Bonchev–Trinajstić information content (AvgIpc) is 2.41. The van der Waals surface area contributed by atoms with Gasteiger partial charge in [0.05, 0.1) is 12.7 Å². The largest absolute Gasteiger partial charge is 0.374 e. The van der Waals surface area contributed by atoms with Gasteiger partial charge in [0.25, 0.3) is 0 Å². The highest BCUT2D eigenvalue weighted by Gasteiger charge is 2.29. The fourth-order valence-corrected chi connectivity index (χ4v) is 3.45. The first-order valence-electron chi connectivity index (χ1n) is 8.15. The van der Waals surface area contributed by atoms with Crippen LogP contribution in [0.1, 0.15) is 46.5 Å². The van der Waals surface area contributed by atoms with Crippen LogP contribution in [0.3, 0.4) is 0 Å². The van der Waals surface area contributed by atoms with Crippen LogP contribution in [0.4, 0.5) is 0 Å². The van der Waals surface area contributed by atoms with E-state index in [0.29, 0.717) is 30.4 Å². The molecular formula is C16H30N2O2. The predicted octanol–water partition coefficient (Wildman–Crippen LogP) is 1.93. The highest BCUT2D eigenvalue weighted by atomic mass is 16.5. The fourth-order valence-electron chi connectivity index (χ4n) is 3.45. The molecule has 0 N–H and O–H groups in total. The van der Waals surface area contributed by atoms with Crippen molar-refractivity contribution in [3.05, 3.63) is 0 Å². The first-order chi connectivity index (χ1) is 9.56. The van der Waals surface area contributed by atoms with E-state index in [2.05, 4.69) is 23.6 Å². The summed E-state index contributed by atoms with van der Waals surface area (Å²) in [6.07, 6.45) is 4.70. The van der Waals surface area contributed by atoms with Crippen LogP contribution in [0.5, 0.6) is 0 Å². The molecule has 2 rings (SSSR count). The lowest BCUT2D eigenvalue weighted by atomic mass is 9.97. The van der Waals surface area contributed by atoms with Gasteiger partial charge in [-0.2, -0.15) is 0 Å². The van der Waals surface area contributed by atoms with Crippen LogP contribution in [0.15, 0.2) is 0 Å². The maximum atomic E-state index is 11.4. The average molecular weight is 282 g/mol. The SMILES string of the molecule is CC(=O)CC1CCCCN1CC1CN(C(C)C)CCO1. The Kier molecular flexibility index (Phi) is 6.00. The molecule has 20 heavy (non-hydrogen) atoms. The van der Waals surface area contributed by atoms with Gasteiger partial charge < -0.3 is 4.74 Å². The quantitative estimate of drug-likeness (QED) is 0.771. The number of ether oxygens (including phenoxy) is 1. The highest BCUT2D eigenvalue weighted by molar-refractivity contribution is 5.76. The summed E-state index contributed by atoms with van der Waals surface area (Å²) in [5.74, 6) is 0.315. The number of morpholine rings is 1. The molecule has 2 fully saturated rings. The zero-order valence-electron chi connectivity index (χ0n) is 13.3. The smallest absolute Gasteiger partial charge is 0.131 e. The number of carbonyl (C=O) groups is 1. The van der Waals surface area contributed by atoms with Gasteiger partial charge in [-0.3, -0.25) is 14.6 Å². The number of piperidine rings is 1. The highest BCUT2D eigenvalue weighted by Crippen LogP contribution is 2.21. The van der Waals surface area contributed by atoms with Gasteiger partial charge in [0.1, 0.15) is 5.78 Å². The van der Waals surface area contributed by atoms with Crippen LogP contribution >= 0.6 is 0 Å². The van der Waals surface area contributed by atoms with E-state index in [1.54, 1.807) is 6.92 Å². The summed E-state index contributed by atoms with van der Waals surface area (Å²) in [4.78, 5) is 16.4. The number of hydrogen-bond acceptors (Lipinski definition) is 4. The fraction of sp³-hybridized carbons (Fsp3) is 0.938. The van der Waals surface area contributed by atoms with E-state index in [4.69, 9.17) is 4.74 Å². The van der Waals surface area contributed by atoms with Gasteiger partial charge in [-0.15, -0.1) is 0 Å². The van der Waals surface area contributed by atoms with E-state index < -0.39 is 0 Å². The standard InChI is InChI=1S/C16H30N2O2/c1-13(2)17-8-9-20-16(11-17)12-18-7-5-4-6-15(18)10-14(3)19/h13,15-16H,4-12H2,1-3H3. The van der Waals surface area contributed by atoms with Gasteiger partial charge >= 0.3 is 0 Å². The molecule has 0 aromatic heterocycles. The Morgan fingerprint density at radius 1 is 1.30 bits per heavy atom. The summed E-state index contributed by atoms with van der Waals surface area (Å²) in [7, 11) is 0. The zero-order valence-corrected chi connectivity index (χ0v) is 13.3. The molecular weight excluding hydrogens is 252 g/mol. The van der Waals surface area contributed by atoms with E-state index in [0.717, 1.165) is 32.8 Å². The van der Waals surface area contributed by atoms with Crippen LogP contribution < -0.4 is 0 Å². The molecule has 2 unspecified atom stereocenters. The number of hydrogen-bond donors (Lipinski definition) is 0. The van der Waals surface area contributed by atoms with Crippen LogP contribution in [0, 0.1) is 0 Å². The van der Waals surface area contributed by atoms with Gasteiger partial charge in [0.2, 0.25) is 0 Å². The number of Topliss-reactive ketones (excluding diaryl/α,β-unsaturated/α-hetero) is 1. The number of nitrogens with zero attached hydrogens (tertiary/aromatic N) is 2. The maximum Gasteiger partial charge on any atom is 0.131 e. The molecule has 0 aromatic rings. The number of carbonyl (C=O) groups excluding carboxylic acids is 1. The van der Waals surface area contributed by atoms with Gasteiger partial charge in [-0.05, 0) is 40.2 Å². The maximum absolute atomic E-state index is 11.4. The Hall–Kier alpha value is -0.450. The van der Waals surface area contributed by atoms with Crippen LogP contribution in [-0.2, 0) is 9.53 Å². The third-order valence-electron chi connectivity index (χ3n) is 4.61. The molecule has 2 aliphatic rings. The van der Waals surface area contributed by atoms with E-state index in [1.165, 1.54) is 19.3 Å². The zero-order chi connectivity index (χ0) is 14.5. The lowest BCUT2D eigenvalue weighted by Gasteiger charge is -2.41. The van der Waals surface area contributed by atoms with E-state index >= 15 is 0 Å². The number of likely N-dealkylation sites (tertiary alicyclic amines) is 1. The van der Waals surface area contributed by atoms with Crippen molar-refractivity contribution in [2.24, 2.45) is 0 Å². The number of rotatable bonds is 5. The van der Waals surface area contributed by atoms with Crippen molar-refractivity contribution in [3.63, 3.8) is 0 Å². The Labute approximate surface area is 123 Å². The lowest BCUT2D eigenvalue weighted by Crippen LogP contribution is -2.52. The summed E-state index contributed by atoms with van der Waals surface area (Å²) in [6, 6.07) is 1.04. The summed E-state index contributed by atoms with van der Waals surface area (Å²) >= 11 is 0. The topological polar surface area (TPSA) is 32.8 Å². The summed E-state index contributed by atoms with van der Waals surface area (Å²) in [6.45, 7) is 11.2. The van der Waals surface area contributed by atoms with Crippen LogP contribution in [-0.4, -0.2) is 66.6 Å². The Morgan fingerprint density at radius 3 is 2.80 bits per heavy atom. The van der Waals surface area contributed by atoms with Crippen molar-refractivity contribution in [2.45, 2.75) is 64.6 Å². The van der Waals surface area contributed by atoms with E-state index in [9.17, 15) is 4.79 Å². The van der Waals surface area contributed by atoms with E-state index in [-0.39, 0.29) is 0 Å². The molecule has 4 nitrogen and oxygen atoms in total. The van der Waals surface area contributed by atoms with Gasteiger partial charge in [-0.25, -0.2) is 0 Å². The Bertz CT molecular complexity index is 320. The predicted molar refractivity (Wildman–Crippen MR) is 81.0 cm³/mol.